The second kappa shape index (κ2) is 9.24. The van der Waals surface area contributed by atoms with Crippen LogP contribution in [0.25, 0.3) is 11.2 Å². The van der Waals surface area contributed by atoms with Gasteiger partial charge in [0.1, 0.15) is 24.6 Å². The third-order valence-corrected chi connectivity index (χ3v) is 5.86. The monoisotopic (exact) mass is 447 g/mol. The van der Waals surface area contributed by atoms with E-state index in [1.54, 1.807) is 4.57 Å². The lowest BCUT2D eigenvalue weighted by Crippen LogP contribution is -2.33. The lowest BCUT2D eigenvalue weighted by molar-refractivity contribution is -0.0511. The normalized spacial score (nSPS) is 22.6. The lowest BCUT2D eigenvalue weighted by Gasteiger charge is -2.24. The van der Waals surface area contributed by atoms with Gasteiger partial charge in [-0.3, -0.25) is 4.57 Å². The molecule has 3 heterocycles. The summed E-state index contributed by atoms with van der Waals surface area (Å²) in [5.74, 6) is 0.651. The second-order valence-electron chi connectivity index (χ2n) is 8.08. The Morgan fingerprint density at radius 2 is 1.48 bits per heavy atom. The number of nitrogens with zero attached hydrogens (tertiary/aromatic N) is 5. The molecule has 4 aromatic rings. The zero-order valence-electron chi connectivity index (χ0n) is 17.8. The third-order valence-electron chi connectivity index (χ3n) is 5.86. The van der Waals surface area contributed by atoms with Crippen LogP contribution in [0.5, 0.6) is 0 Å². The fourth-order valence-corrected chi connectivity index (χ4v) is 4.18. The molecule has 33 heavy (non-hydrogen) atoms. The second-order valence-corrected chi connectivity index (χ2v) is 8.08. The summed E-state index contributed by atoms with van der Waals surface area (Å²) in [6, 6.07) is 20.2. The van der Waals surface area contributed by atoms with Gasteiger partial charge in [0.25, 0.3) is 0 Å². The van der Waals surface area contributed by atoms with Gasteiger partial charge in [0.05, 0.1) is 12.9 Å². The number of imidazole rings is 1. The summed E-state index contributed by atoms with van der Waals surface area (Å²) < 4.78 is 7.25. The molecule has 4 atom stereocenters. The molecule has 9 heteroatoms. The Hall–Kier alpha value is -3.37. The first-order valence-corrected chi connectivity index (χ1v) is 10.8. The molecule has 1 saturated heterocycles. The highest BCUT2D eigenvalue weighted by Crippen LogP contribution is 2.33. The molecule has 2 aromatic carbocycles. The molecule has 3 N–H and O–H groups in total. The number of hydrogen-bond donors (Lipinski definition) is 3. The van der Waals surface area contributed by atoms with Crippen molar-refractivity contribution >= 4 is 17.0 Å². The maximum Gasteiger partial charge on any atom is 0.167 e. The summed E-state index contributed by atoms with van der Waals surface area (Å²) in [5.41, 5.74) is 3.29. The van der Waals surface area contributed by atoms with Crippen molar-refractivity contribution in [2.24, 2.45) is 0 Å². The van der Waals surface area contributed by atoms with Crippen molar-refractivity contribution in [1.29, 1.82) is 0 Å². The average molecular weight is 447 g/mol. The van der Waals surface area contributed by atoms with Gasteiger partial charge in [-0.05, 0) is 11.1 Å². The van der Waals surface area contributed by atoms with Crippen molar-refractivity contribution in [3.63, 3.8) is 0 Å². The van der Waals surface area contributed by atoms with Crippen LogP contribution >= 0.6 is 0 Å². The minimum absolute atomic E-state index is 0.399. The van der Waals surface area contributed by atoms with Gasteiger partial charge in [0.2, 0.25) is 0 Å². The van der Waals surface area contributed by atoms with E-state index < -0.39 is 31.1 Å². The van der Waals surface area contributed by atoms with Crippen LogP contribution < -0.4 is 4.90 Å². The van der Waals surface area contributed by atoms with Gasteiger partial charge in [0.15, 0.2) is 23.2 Å². The summed E-state index contributed by atoms with van der Waals surface area (Å²) >= 11 is 0. The Morgan fingerprint density at radius 3 is 2.06 bits per heavy atom. The Morgan fingerprint density at radius 1 is 0.848 bits per heavy atom. The van der Waals surface area contributed by atoms with E-state index in [1.807, 2.05) is 36.4 Å². The number of rotatable bonds is 7. The van der Waals surface area contributed by atoms with Crippen LogP contribution in [0.2, 0.25) is 0 Å². The van der Waals surface area contributed by atoms with Gasteiger partial charge in [-0.2, -0.15) is 0 Å². The van der Waals surface area contributed by atoms with E-state index in [0.29, 0.717) is 30.1 Å². The maximum absolute atomic E-state index is 10.5. The minimum Gasteiger partial charge on any atom is -0.394 e. The van der Waals surface area contributed by atoms with Crippen LogP contribution in [0, 0.1) is 0 Å². The number of aromatic nitrogens is 4. The fourth-order valence-electron chi connectivity index (χ4n) is 4.18. The molecule has 0 bridgehead atoms. The molecular formula is C24H25N5O4. The molecular weight excluding hydrogens is 422 g/mol. The topological polar surface area (TPSA) is 117 Å². The minimum atomic E-state index is -1.22. The molecule has 5 rings (SSSR count). The molecule has 1 aliphatic heterocycles. The molecule has 0 spiro atoms. The zero-order valence-corrected chi connectivity index (χ0v) is 17.8. The van der Waals surface area contributed by atoms with E-state index in [0.717, 1.165) is 11.1 Å². The van der Waals surface area contributed by atoms with Gasteiger partial charge < -0.3 is 25.0 Å². The van der Waals surface area contributed by atoms with E-state index in [1.165, 1.54) is 12.7 Å². The summed E-state index contributed by atoms with van der Waals surface area (Å²) in [6.45, 7) is 0.828. The average Bonchev–Trinajstić information content (AvgIpc) is 3.40. The van der Waals surface area contributed by atoms with Gasteiger partial charge in [-0.15, -0.1) is 0 Å². The van der Waals surface area contributed by atoms with Crippen molar-refractivity contribution in [3.8, 4) is 0 Å². The maximum atomic E-state index is 10.5. The summed E-state index contributed by atoms with van der Waals surface area (Å²) in [5, 5.41) is 30.1. The SMILES string of the molecule is OC[C@H]1OC(n2cnc3c(N(Cc4ccccc4)Cc4ccccc4)ncnc32)[C@H](O)[C@@H]1O. The Balaban J connectivity index is 1.53. The van der Waals surface area contributed by atoms with Crippen LogP contribution in [-0.4, -0.2) is 59.8 Å². The molecule has 1 fully saturated rings. The van der Waals surface area contributed by atoms with Crippen LogP contribution in [0.15, 0.2) is 73.3 Å². The number of aliphatic hydroxyl groups excluding tert-OH is 3. The summed E-state index contributed by atoms with van der Waals surface area (Å²) in [6.07, 6.45) is -1.24. The summed E-state index contributed by atoms with van der Waals surface area (Å²) in [7, 11) is 0. The quantitative estimate of drug-likeness (QED) is 0.392. The van der Waals surface area contributed by atoms with Crippen LogP contribution in [0.4, 0.5) is 5.82 Å². The number of benzene rings is 2. The van der Waals surface area contributed by atoms with Gasteiger partial charge in [-0.25, -0.2) is 15.0 Å². The molecule has 170 valence electrons. The smallest absolute Gasteiger partial charge is 0.167 e. The lowest BCUT2D eigenvalue weighted by atomic mass is 10.1. The van der Waals surface area contributed by atoms with E-state index >= 15 is 0 Å². The van der Waals surface area contributed by atoms with Gasteiger partial charge >= 0.3 is 0 Å². The van der Waals surface area contributed by atoms with Crippen molar-refractivity contribution < 1.29 is 20.1 Å². The fraction of sp³-hybridized carbons (Fsp3) is 0.292. The predicted octanol–water partition coefficient (Wildman–Crippen LogP) is 1.64. The number of anilines is 1. The van der Waals surface area contributed by atoms with Crippen molar-refractivity contribution in [2.45, 2.75) is 37.6 Å². The van der Waals surface area contributed by atoms with Crippen LogP contribution in [-0.2, 0) is 17.8 Å². The van der Waals surface area contributed by atoms with Crippen LogP contribution in [0.1, 0.15) is 17.4 Å². The first-order chi connectivity index (χ1) is 16.2. The number of ether oxygens (including phenoxy) is 1. The molecule has 1 unspecified atom stereocenters. The highest BCUT2D eigenvalue weighted by atomic mass is 16.6. The molecule has 9 nitrogen and oxygen atoms in total. The highest BCUT2D eigenvalue weighted by Gasteiger charge is 2.44. The predicted molar refractivity (Wildman–Crippen MR) is 121 cm³/mol. The number of aliphatic hydroxyl groups is 3. The molecule has 0 saturated carbocycles. The third kappa shape index (κ3) is 4.19. The number of hydrogen-bond acceptors (Lipinski definition) is 8. The molecule has 1 aliphatic rings. The number of fused-ring (bicyclic) bond motifs is 1. The standard InChI is InChI=1S/C24H25N5O4/c30-13-18-20(31)21(32)24(33-18)29-15-27-19-22(25-14-26-23(19)29)28(11-16-7-3-1-4-8-16)12-17-9-5-2-6-10-17/h1-10,14-15,18,20-21,24,30-32H,11-13H2/t18-,20-,21-,24?/m1/s1. The van der Waals surface area contributed by atoms with Gasteiger partial charge in [0, 0.05) is 13.1 Å². The zero-order chi connectivity index (χ0) is 22.8. The van der Waals surface area contributed by atoms with Crippen molar-refractivity contribution in [1.82, 2.24) is 19.5 Å². The first kappa shape index (κ1) is 21.5. The Bertz CT molecular complexity index is 1160. The van der Waals surface area contributed by atoms with Crippen molar-refractivity contribution in [3.05, 3.63) is 84.4 Å². The largest absolute Gasteiger partial charge is 0.394 e. The molecule has 0 aliphatic carbocycles. The van der Waals surface area contributed by atoms with E-state index in [2.05, 4.69) is 44.1 Å². The Labute approximate surface area is 190 Å². The van der Waals surface area contributed by atoms with E-state index in [-0.39, 0.29) is 0 Å². The summed E-state index contributed by atoms with van der Waals surface area (Å²) in [4.78, 5) is 15.6. The Kier molecular flexibility index (Phi) is 6.01. The van der Waals surface area contributed by atoms with Crippen molar-refractivity contribution in [2.75, 3.05) is 11.5 Å². The van der Waals surface area contributed by atoms with E-state index in [4.69, 9.17) is 4.74 Å². The highest BCUT2D eigenvalue weighted by molar-refractivity contribution is 5.83. The van der Waals surface area contributed by atoms with Crippen LogP contribution in [0.3, 0.4) is 0 Å². The molecule has 2 aromatic heterocycles. The van der Waals surface area contributed by atoms with Gasteiger partial charge in [-0.1, -0.05) is 60.7 Å². The molecule has 0 amide bonds. The molecule has 0 radical (unpaired) electrons. The van der Waals surface area contributed by atoms with E-state index in [9.17, 15) is 15.3 Å². The first-order valence-electron chi connectivity index (χ1n) is 10.8.